The number of hydrogen-bond donors (Lipinski definition) is 2. The van der Waals surface area contributed by atoms with Crippen molar-refractivity contribution in [3.05, 3.63) is 0 Å². The van der Waals surface area contributed by atoms with E-state index >= 15 is 0 Å². The van der Waals surface area contributed by atoms with Crippen LogP contribution in [0.15, 0.2) is 0 Å². The fraction of sp³-hybridized carbons (Fsp3) is 1.00. The number of nitrogens with one attached hydrogen (secondary N) is 1. The lowest BCUT2D eigenvalue weighted by molar-refractivity contribution is 0.162. The maximum absolute atomic E-state index is 6.02. The molecule has 3 heteroatoms. The average Bonchev–Trinajstić information content (AvgIpc) is 3.18. The first-order valence-corrected chi connectivity index (χ1v) is 7.64. The Morgan fingerprint density at radius 3 is 2.22 bits per heavy atom. The van der Waals surface area contributed by atoms with Crippen molar-refractivity contribution in [2.45, 2.75) is 51.4 Å². The molecule has 2 rings (SSSR count). The van der Waals surface area contributed by atoms with Crippen molar-refractivity contribution in [2.24, 2.45) is 16.6 Å². The molecule has 18 heavy (non-hydrogen) atoms. The average molecular weight is 254 g/mol. The lowest BCUT2D eigenvalue weighted by Crippen LogP contribution is -2.43. The van der Waals surface area contributed by atoms with E-state index in [9.17, 15) is 0 Å². The summed E-state index contributed by atoms with van der Waals surface area (Å²) >= 11 is 0. The summed E-state index contributed by atoms with van der Waals surface area (Å²) < 4.78 is 5.21. The molecule has 0 saturated heterocycles. The molecule has 2 saturated carbocycles. The maximum atomic E-state index is 6.02. The molecule has 2 fully saturated rings. The van der Waals surface area contributed by atoms with Gasteiger partial charge in [0, 0.05) is 26.8 Å². The fourth-order valence-electron chi connectivity index (χ4n) is 3.36. The van der Waals surface area contributed by atoms with Crippen molar-refractivity contribution in [3.8, 4) is 0 Å². The second kappa shape index (κ2) is 6.36. The summed E-state index contributed by atoms with van der Waals surface area (Å²) in [7, 11) is 1.80. The van der Waals surface area contributed by atoms with Crippen LogP contribution in [0.2, 0.25) is 0 Å². The number of rotatable bonds is 8. The summed E-state index contributed by atoms with van der Waals surface area (Å²) in [5.74, 6) is 0. The van der Waals surface area contributed by atoms with Gasteiger partial charge in [-0.3, -0.25) is 0 Å². The quantitative estimate of drug-likeness (QED) is 0.699. The third kappa shape index (κ3) is 3.69. The minimum absolute atomic E-state index is 0.398. The zero-order chi connectivity index (χ0) is 12.9. The summed E-state index contributed by atoms with van der Waals surface area (Å²) in [6.07, 6.45) is 10.7. The van der Waals surface area contributed by atoms with Gasteiger partial charge in [-0.25, -0.2) is 0 Å². The van der Waals surface area contributed by atoms with Crippen molar-refractivity contribution in [1.82, 2.24) is 5.32 Å². The fourth-order valence-corrected chi connectivity index (χ4v) is 3.36. The van der Waals surface area contributed by atoms with Gasteiger partial charge in [0.15, 0.2) is 0 Å². The van der Waals surface area contributed by atoms with Crippen LogP contribution in [0.3, 0.4) is 0 Å². The summed E-state index contributed by atoms with van der Waals surface area (Å²) in [6, 6.07) is 0. The maximum Gasteiger partial charge on any atom is 0.0468 e. The van der Waals surface area contributed by atoms with Crippen molar-refractivity contribution >= 4 is 0 Å². The van der Waals surface area contributed by atoms with Gasteiger partial charge < -0.3 is 15.8 Å². The number of hydrogen-bond acceptors (Lipinski definition) is 3. The monoisotopic (exact) mass is 254 g/mol. The highest BCUT2D eigenvalue weighted by molar-refractivity contribution is 4.96. The topological polar surface area (TPSA) is 47.3 Å². The zero-order valence-electron chi connectivity index (χ0n) is 12.0. The Morgan fingerprint density at radius 2 is 1.67 bits per heavy atom. The minimum atomic E-state index is 0.398. The van der Waals surface area contributed by atoms with Crippen LogP contribution in [0, 0.1) is 10.8 Å². The molecule has 0 heterocycles. The van der Waals surface area contributed by atoms with Crippen LogP contribution in [-0.4, -0.2) is 33.4 Å². The van der Waals surface area contributed by atoms with Gasteiger partial charge in [-0.2, -0.15) is 0 Å². The van der Waals surface area contributed by atoms with Gasteiger partial charge in [-0.05, 0) is 49.5 Å². The first kappa shape index (κ1) is 14.3. The molecule has 0 aromatic rings. The van der Waals surface area contributed by atoms with Gasteiger partial charge in [0.05, 0.1) is 0 Å². The first-order chi connectivity index (χ1) is 8.74. The molecule has 0 unspecified atom stereocenters. The molecule has 2 aliphatic carbocycles. The lowest BCUT2D eigenvalue weighted by atomic mass is 9.74. The molecule has 0 amide bonds. The Hall–Kier alpha value is -0.120. The molecule has 106 valence electrons. The van der Waals surface area contributed by atoms with Crippen molar-refractivity contribution in [3.63, 3.8) is 0 Å². The molecule has 0 aromatic carbocycles. The highest BCUT2D eigenvalue weighted by Crippen LogP contribution is 2.48. The normalized spacial score (nSPS) is 25.0. The van der Waals surface area contributed by atoms with E-state index in [2.05, 4.69) is 5.32 Å². The minimum Gasteiger partial charge on any atom is -0.385 e. The van der Waals surface area contributed by atoms with Gasteiger partial charge in [0.2, 0.25) is 0 Å². The Kier molecular flexibility index (Phi) is 5.05. The van der Waals surface area contributed by atoms with Gasteiger partial charge in [-0.1, -0.05) is 19.3 Å². The Labute approximate surface area is 112 Å². The van der Waals surface area contributed by atoms with Crippen molar-refractivity contribution in [1.29, 1.82) is 0 Å². The summed E-state index contributed by atoms with van der Waals surface area (Å²) in [5.41, 5.74) is 6.98. The SMILES string of the molecule is COCCC1(CNCC2(CN)CCCCC2)CC1. The van der Waals surface area contributed by atoms with Crippen LogP contribution >= 0.6 is 0 Å². The van der Waals surface area contributed by atoms with E-state index in [1.54, 1.807) is 7.11 Å². The molecule has 2 aliphatic rings. The van der Waals surface area contributed by atoms with E-state index in [4.69, 9.17) is 10.5 Å². The van der Waals surface area contributed by atoms with E-state index in [-0.39, 0.29) is 0 Å². The Balaban J connectivity index is 1.70. The van der Waals surface area contributed by atoms with Crippen LogP contribution in [-0.2, 0) is 4.74 Å². The van der Waals surface area contributed by atoms with Crippen LogP contribution in [0.5, 0.6) is 0 Å². The molecule has 0 bridgehead atoms. The molecular weight excluding hydrogens is 224 g/mol. The molecule has 0 radical (unpaired) electrons. The van der Waals surface area contributed by atoms with E-state index < -0.39 is 0 Å². The molecular formula is C15H30N2O. The van der Waals surface area contributed by atoms with E-state index in [1.807, 2.05) is 0 Å². The second-order valence-corrected chi connectivity index (χ2v) is 6.61. The largest absolute Gasteiger partial charge is 0.385 e. The van der Waals surface area contributed by atoms with Gasteiger partial charge in [-0.15, -0.1) is 0 Å². The van der Waals surface area contributed by atoms with Crippen LogP contribution in [0.1, 0.15) is 51.4 Å². The third-order valence-corrected chi connectivity index (χ3v) is 5.14. The number of nitrogens with two attached hydrogens (primary N) is 1. The van der Waals surface area contributed by atoms with E-state index in [1.165, 1.54) is 51.4 Å². The zero-order valence-corrected chi connectivity index (χ0v) is 12.0. The lowest BCUT2D eigenvalue weighted by Gasteiger charge is -2.37. The standard InChI is InChI=1S/C15H30N2O/c1-18-10-9-14(7-8-14)12-17-13-15(11-16)5-3-2-4-6-15/h17H,2-13,16H2,1H3. The molecule has 3 N–H and O–H groups in total. The van der Waals surface area contributed by atoms with E-state index in [0.717, 1.165) is 26.2 Å². The molecule has 0 spiro atoms. The number of methoxy groups -OCH3 is 1. The first-order valence-electron chi connectivity index (χ1n) is 7.64. The summed E-state index contributed by atoms with van der Waals surface area (Å²) in [4.78, 5) is 0. The highest BCUT2D eigenvalue weighted by Gasteiger charge is 2.42. The van der Waals surface area contributed by atoms with Gasteiger partial charge in [0.1, 0.15) is 0 Å². The van der Waals surface area contributed by atoms with E-state index in [0.29, 0.717) is 10.8 Å². The second-order valence-electron chi connectivity index (χ2n) is 6.61. The molecule has 0 aliphatic heterocycles. The van der Waals surface area contributed by atoms with Crippen LogP contribution in [0.4, 0.5) is 0 Å². The predicted octanol–water partition coefficient (Wildman–Crippen LogP) is 2.30. The van der Waals surface area contributed by atoms with Crippen molar-refractivity contribution < 1.29 is 4.74 Å². The van der Waals surface area contributed by atoms with Crippen LogP contribution < -0.4 is 11.1 Å². The Morgan fingerprint density at radius 1 is 1.00 bits per heavy atom. The van der Waals surface area contributed by atoms with Crippen molar-refractivity contribution in [2.75, 3.05) is 33.4 Å². The van der Waals surface area contributed by atoms with Crippen LogP contribution in [0.25, 0.3) is 0 Å². The smallest absolute Gasteiger partial charge is 0.0468 e. The summed E-state index contributed by atoms with van der Waals surface area (Å²) in [5, 5.41) is 3.72. The Bertz CT molecular complexity index is 245. The molecule has 3 nitrogen and oxygen atoms in total. The predicted molar refractivity (Wildman–Crippen MR) is 75.6 cm³/mol. The highest BCUT2D eigenvalue weighted by atomic mass is 16.5. The number of ether oxygens (including phenoxy) is 1. The molecule has 0 aromatic heterocycles. The third-order valence-electron chi connectivity index (χ3n) is 5.14. The van der Waals surface area contributed by atoms with Gasteiger partial charge in [0.25, 0.3) is 0 Å². The van der Waals surface area contributed by atoms with Gasteiger partial charge >= 0.3 is 0 Å². The summed E-state index contributed by atoms with van der Waals surface area (Å²) in [6.45, 7) is 4.05. The molecule has 0 atom stereocenters.